The summed E-state index contributed by atoms with van der Waals surface area (Å²) in [6.07, 6.45) is 8.07. The van der Waals surface area contributed by atoms with E-state index < -0.39 is 0 Å². The number of nitrogens with zero attached hydrogens (tertiary/aromatic N) is 3. The van der Waals surface area contributed by atoms with Crippen LogP contribution in [0.25, 0.3) is 0 Å². The van der Waals surface area contributed by atoms with Gasteiger partial charge in [-0.15, -0.1) is 0 Å². The fourth-order valence-corrected chi connectivity index (χ4v) is 4.68. The highest BCUT2D eigenvalue weighted by atomic mass is 16.2. The highest BCUT2D eigenvalue weighted by molar-refractivity contribution is 5.96. The Morgan fingerprint density at radius 2 is 1.52 bits per heavy atom. The number of amides is 2. The molecule has 2 amide bonds. The van der Waals surface area contributed by atoms with E-state index in [1.807, 2.05) is 41.3 Å². The molecule has 1 saturated carbocycles. The molecule has 2 atom stereocenters. The number of nitrogens with one attached hydrogen (secondary N) is 1. The summed E-state index contributed by atoms with van der Waals surface area (Å²) >= 11 is 0. The molecule has 6 nitrogen and oxygen atoms in total. The van der Waals surface area contributed by atoms with Crippen molar-refractivity contribution in [3.05, 3.63) is 59.9 Å². The van der Waals surface area contributed by atoms with Gasteiger partial charge in [-0.2, -0.15) is 0 Å². The Kier molecular flexibility index (Phi) is 6.97. The molecule has 6 heteroatoms. The molecule has 1 saturated heterocycles. The first-order chi connectivity index (χ1) is 15.1. The molecular weight excluding hydrogens is 388 g/mol. The molecule has 1 aliphatic carbocycles. The molecule has 2 aliphatic rings. The monoisotopic (exact) mass is 420 g/mol. The topological polar surface area (TPSA) is 65.5 Å². The number of likely N-dealkylation sites (N-methyl/N-ethyl adjacent to an activating group) is 1. The van der Waals surface area contributed by atoms with E-state index in [4.69, 9.17) is 0 Å². The summed E-state index contributed by atoms with van der Waals surface area (Å²) in [7, 11) is 2.08. The summed E-state index contributed by atoms with van der Waals surface area (Å²) < 4.78 is 0. The van der Waals surface area contributed by atoms with Gasteiger partial charge in [-0.25, -0.2) is 0 Å². The number of carbonyl (C=O) groups excluding carboxylic acids is 2. The van der Waals surface area contributed by atoms with Crippen molar-refractivity contribution in [1.29, 1.82) is 0 Å². The molecule has 1 aromatic heterocycles. The van der Waals surface area contributed by atoms with Gasteiger partial charge in [0.2, 0.25) is 11.8 Å². The largest absolute Gasteiger partial charge is 0.340 e. The summed E-state index contributed by atoms with van der Waals surface area (Å²) in [5.41, 5.74) is 3.18. The zero-order valence-electron chi connectivity index (χ0n) is 18.3. The number of anilines is 1. The first kappa shape index (κ1) is 21.5. The highest BCUT2D eigenvalue weighted by Gasteiger charge is 2.38. The number of pyridine rings is 1. The lowest BCUT2D eigenvalue weighted by Crippen LogP contribution is -2.51. The van der Waals surface area contributed by atoms with Gasteiger partial charge in [0.15, 0.2) is 0 Å². The first-order valence-corrected chi connectivity index (χ1v) is 11.4. The molecule has 2 fully saturated rings. The molecule has 2 unspecified atom stereocenters. The SMILES string of the molecule is CN1CCN(C(=O)C2CCCCC2C(=O)Nc2ccc(Cc3ccncc3)cc2)CC1. The van der Waals surface area contributed by atoms with Crippen LogP contribution in [0.2, 0.25) is 0 Å². The molecule has 1 aromatic carbocycles. The molecule has 0 radical (unpaired) electrons. The van der Waals surface area contributed by atoms with Gasteiger partial charge in [0.05, 0.1) is 0 Å². The normalized spacial score (nSPS) is 22.2. The molecule has 1 aliphatic heterocycles. The Balaban J connectivity index is 1.37. The van der Waals surface area contributed by atoms with Crippen LogP contribution in [-0.2, 0) is 16.0 Å². The lowest BCUT2D eigenvalue weighted by atomic mass is 9.77. The predicted molar refractivity (Wildman–Crippen MR) is 122 cm³/mol. The van der Waals surface area contributed by atoms with E-state index in [9.17, 15) is 9.59 Å². The molecule has 4 rings (SSSR count). The van der Waals surface area contributed by atoms with E-state index in [1.54, 1.807) is 12.4 Å². The minimum absolute atomic E-state index is 0.0194. The third-order valence-corrected chi connectivity index (χ3v) is 6.61. The Bertz CT molecular complexity index is 876. The zero-order chi connectivity index (χ0) is 21.6. The van der Waals surface area contributed by atoms with Gasteiger partial charge in [0.1, 0.15) is 0 Å². The van der Waals surface area contributed by atoms with E-state index >= 15 is 0 Å². The van der Waals surface area contributed by atoms with E-state index in [1.165, 1.54) is 11.1 Å². The first-order valence-electron chi connectivity index (χ1n) is 11.4. The Hall–Kier alpha value is -2.73. The van der Waals surface area contributed by atoms with Gasteiger partial charge in [-0.3, -0.25) is 14.6 Å². The average molecular weight is 421 g/mol. The number of rotatable bonds is 5. The van der Waals surface area contributed by atoms with Crippen molar-refractivity contribution in [3.63, 3.8) is 0 Å². The zero-order valence-corrected chi connectivity index (χ0v) is 18.3. The van der Waals surface area contributed by atoms with Crippen molar-refractivity contribution in [3.8, 4) is 0 Å². The maximum Gasteiger partial charge on any atom is 0.228 e. The van der Waals surface area contributed by atoms with E-state index in [2.05, 4.69) is 22.2 Å². The lowest BCUT2D eigenvalue weighted by Gasteiger charge is -2.37. The molecule has 2 heterocycles. The Labute approximate surface area is 184 Å². The molecular formula is C25H32N4O2. The van der Waals surface area contributed by atoms with Crippen LogP contribution in [0.15, 0.2) is 48.8 Å². The maximum atomic E-state index is 13.2. The minimum atomic E-state index is -0.239. The van der Waals surface area contributed by atoms with Crippen LogP contribution in [0.1, 0.15) is 36.8 Å². The Morgan fingerprint density at radius 3 is 2.19 bits per heavy atom. The second kappa shape index (κ2) is 10.1. The lowest BCUT2D eigenvalue weighted by molar-refractivity contribution is -0.143. The quantitative estimate of drug-likeness (QED) is 0.807. The molecule has 1 N–H and O–H groups in total. The number of benzene rings is 1. The minimum Gasteiger partial charge on any atom is -0.340 e. The summed E-state index contributed by atoms with van der Waals surface area (Å²) in [6.45, 7) is 3.33. The van der Waals surface area contributed by atoms with E-state index in [0.29, 0.717) is 0 Å². The summed E-state index contributed by atoms with van der Waals surface area (Å²) in [5, 5.41) is 3.07. The average Bonchev–Trinajstić information content (AvgIpc) is 2.81. The second-order valence-corrected chi connectivity index (χ2v) is 8.84. The molecule has 0 bridgehead atoms. The smallest absolute Gasteiger partial charge is 0.228 e. The third kappa shape index (κ3) is 5.50. The van der Waals surface area contributed by atoms with Crippen LogP contribution >= 0.6 is 0 Å². The third-order valence-electron chi connectivity index (χ3n) is 6.61. The van der Waals surface area contributed by atoms with Crippen LogP contribution in [-0.4, -0.2) is 59.8 Å². The number of hydrogen-bond donors (Lipinski definition) is 1. The van der Waals surface area contributed by atoms with Crippen molar-refractivity contribution in [2.75, 3.05) is 38.5 Å². The van der Waals surface area contributed by atoms with Crippen molar-refractivity contribution in [2.45, 2.75) is 32.1 Å². The van der Waals surface area contributed by atoms with Gasteiger partial charge in [-0.1, -0.05) is 25.0 Å². The van der Waals surface area contributed by atoms with Crippen LogP contribution in [0.3, 0.4) is 0 Å². The van der Waals surface area contributed by atoms with Crippen LogP contribution in [0, 0.1) is 11.8 Å². The molecule has 164 valence electrons. The van der Waals surface area contributed by atoms with Gasteiger partial charge in [0, 0.05) is 56.1 Å². The van der Waals surface area contributed by atoms with E-state index in [0.717, 1.165) is 64.0 Å². The number of carbonyl (C=O) groups is 2. The molecule has 0 spiro atoms. The summed E-state index contributed by atoms with van der Waals surface area (Å²) in [4.78, 5) is 34.5. The van der Waals surface area contributed by atoms with Gasteiger partial charge < -0.3 is 15.1 Å². The van der Waals surface area contributed by atoms with Gasteiger partial charge in [-0.05, 0) is 61.7 Å². The summed E-state index contributed by atoms with van der Waals surface area (Å²) in [6, 6.07) is 12.0. The van der Waals surface area contributed by atoms with Crippen LogP contribution in [0.5, 0.6) is 0 Å². The maximum absolute atomic E-state index is 13.2. The second-order valence-electron chi connectivity index (χ2n) is 8.84. The molecule has 31 heavy (non-hydrogen) atoms. The fourth-order valence-electron chi connectivity index (χ4n) is 4.68. The van der Waals surface area contributed by atoms with E-state index in [-0.39, 0.29) is 23.7 Å². The van der Waals surface area contributed by atoms with Crippen molar-refractivity contribution < 1.29 is 9.59 Å². The van der Waals surface area contributed by atoms with Gasteiger partial charge >= 0.3 is 0 Å². The number of hydrogen-bond acceptors (Lipinski definition) is 4. The highest BCUT2D eigenvalue weighted by Crippen LogP contribution is 2.33. The summed E-state index contributed by atoms with van der Waals surface area (Å²) in [5.74, 6) is -0.282. The Morgan fingerprint density at radius 1 is 0.903 bits per heavy atom. The standard InChI is InChI=1S/C25H32N4O2/c1-28-14-16-29(17-15-28)25(31)23-5-3-2-4-22(23)24(30)27-21-8-6-19(7-9-21)18-20-10-12-26-13-11-20/h6-13,22-23H,2-5,14-18H2,1H3,(H,27,30). The number of piperazine rings is 1. The van der Waals surface area contributed by atoms with Crippen LogP contribution in [0.4, 0.5) is 5.69 Å². The fraction of sp³-hybridized carbons (Fsp3) is 0.480. The van der Waals surface area contributed by atoms with Crippen molar-refractivity contribution in [2.24, 2.45) is 11.8 Å². The van der Waals surface area contributed by atoms with Crippen LogP contribution < -0.4 is 5.32 Å². The van der Waals surface area contributed by atoms with Crippen molar-refractivity contribution >= 4 is 17.5 Å². The molecule has 2 aromatic rings. The van der Waals surface area contributed by atoms with Gasteiger partial charge in [0.25, 0.3) is 0 Å². The van der Waals surface area contributed by atoms with Crippen molar-refractivity contribution in [1.82, 2.24) is 14.8 Å². The number of aromatic nitrogens is 1. The predicted octanol–water partition coefficient (Wildman–Crippen LogP) is 3.19.